The molecule has 6 rings (SSSR count). The minimum atomic E-state index is -3.88. The third kappa shape index (κ3) is 5.16. The summed E-state index contributed by atoms with van der Waals surface area (Å²) in [4.78, 5) is 0. The van der Waals surface area contributed by atoms with E-state index in [2.05, 4.69) is 69.3 Å². The van der Waals surface area contributed by atoms with E-state index >= 15 is 0 Å². The largest absolute Gasteiger partial charge is 0.405 e. The summed E-state index contributed by atoms with van der Waals surface area (Å²) >= 11 is 0. The summed E-state index contributed by atoms with van der Waals surface area (Å²) in [6.45, 7) is 10.7. The Bertz CT molecular complexity index is 1690. The van der Waals surface area contributed by atoms with E-state index in [1.165, 1.54) is 32.7 Å². The van der Waals surface area contributed by atoms with Gasteiger partial charge in [-0.2, -0.15) is 12.7 Å². The third-order valence-corrected chi connectivity index (χ3v) is 15.5. The van der Waals surface area contributed by atoms with Crippen LogP contribution in [0.1, 0.15) is 46.4 Å². The van der Waals surface area contributed by atoms with Crippen molar-refractivity contribution < 1.29 is 27.1 Å². The molecular formula is C34H42N2O6SSi. The highest BCUT2D eigenvalue weighted by Gasteiger charge is 2.58. The van der Waals surface area contributed by atoms with Gasteiger partial charge in [-0.3, -0.25) is 0 Å². The fourth-order valence-electron chi connectivity index (χ4n) is 6.79. The Kier molecular flexibility index (Phi) is 7.93. The van der Waals surface area contributed by atoms with E-state index in [0.29, 0.717) is 11.2 Å². The first-order valence-corrected chi connectivity index (χ1v) is 18.4. The van der Waals surface area contributed by atoms with Crippen molar-refractivity contribution in [1.82, 2.24) is 8.28 Å². The van der Waals surface area contributed by atoms with E-state index in [1.807, 2.05) is 56.3 Å². The summed E-state index contributed by atoms with van der Waals surface area (Å²) in [5.41, 5.74) is 1.09. The smallest absolute Gasteiger partial charge is 0.307 e. The van der Waals surface area contributed by atoms with Crippen LogP contribution in [0.2, 0.25) is 5.04 Å². The number of benzene rings is 3. The second kappa shape index (κ2) is 11.2. The normalized spacial score (nSPS) is 23.8. The quantitative estimate of drug-likeness (QED) is 0.259. The van der Waals surface area contributed by atoms with Crippen molar-refractivity contribution in [2.45, 2.75) is 69.9 Å². The highest BCUT2D eigenvalue weighted by atomic mass is 32.2. The molecule has 44 heavy (non-hydrogen) atoms. The molecule has 0 aliphatic carbocycles. The highest BCUT2D eigenvalue weighted by Crippen LogP contribution is 2.47. The first-order valence-electron chi connectivity index (χ1n) is 15.1. The third-order valence-electron chi connectivity index (χ3n) is 8.71. The van der Waals surface area contributed by atoms with Crippen LogP contribution < -0.4 is 10.4 Å². The molecule has 2 saturated heterocycles. The van der Waals surface area contributed by atoms with Crippen molar-refractivity contribution in [3.8, 4) is 0 Å². The van der Waals surface area contributed by atoms with Gasteiger partial charge in [0.25, 0.3) is 8.32 Å². The van der Waals surface area contributed by atoms with Crippen LogP contribution in [-0.2, 0) is 28.8 Å². The molecule has 10 heteroatoms. The molecule has 0 amide bonds. The minimum Gasteiger partial charge on any atom is -0.405 e. The fraction of sp³-hybridized carbons (Fsp3) is 0.412. The van der Waals surface area contributed by atoms with Crippen LogP contribution in [0, 0.1) is 0 Å². The lowest BCUT2D eigenvalue weighted by Gasteiger charge is -2.43. The SMILES string of the molecule is CN(C)S(=O)(=O)n1c([C@H]2O[C@H](CO[Si](c3ccccc3)(c3ccccc3)C(C)(C)C)[C@H]3OC(C)(C)O[C@H]32)cc2ccccc21. The van der Waals surface area contributed by atoms with Crippen molar-refractivity contribution in [2.24, 2.45) is 0 Å². The highest BCUT2D eigenvalue weighted by molar-refractivity contribution is 7.87. The topological polar surface area (TPSA) is 79.2 Å². The standard InChI is InChI=1S/C34H42N2O6SSi/c1-33(2,3)44(25-17-10-8-11-18-25,26-19-12-9-13-20-26)39-23-29-31-32(42-34(4,5)41-31)30(40-29)28-22-24-16-14-15-21-27(24)36(28)43(37,38)35(6)7/h8-22,29-32H,23H2,1-7H3/t29-,30-,31-,32+/m1/s1. The second-order valence-electron chi connectivity index (χ2n) is 13.3. The Labute approximate surface area is 261 Å². The number of nitrogens with zero attached hydrogens (tertiary/aromatic N) is 2. The molecular weight excluding hydrogens is 593 g/mol. The number of hydrogen-bond acceptors (Lipinski definition) is 6. The molecule has 1 aromatic heterocycles. The van der Waals surface area contributed by atoms with Gasteiger partial charge in [-0.1, -0.05) is 99.6 Å². The average Bonchev–Trinajstić information content (AvgIpc) is 3.62. The van der Waals surface area contributed by atoms with Crippen LogP contribution in [0.3, 0.4) is 0 Å². The number of fused-ring (bicyclic) bond motifs is 2. The van der Waals surface area contributed by atoms with Crippen molar-refractivity contribution in [3.05, 3.63) is 96.7 Å². The van der Waals surface area contributed by atoms with Gasteiger partial charge >= 0.3 is 10.2 Å². The molecule has 0 bridgehead atoms. The van der Waals surface area contributed by atoms with Gasteiger partial charge in [0.2, 0.25) is 0 Å². The van der Waals surface area contributed by atoms with Gasteiger partial charge in [0.15, 0.2) is 5.79 Å². The Hall–Kier alpha value is -2.83. The maximum Gasteiger partial charge on any atom is 0.307 e. The summed E-state index contributed by atoms with van der Waals surface area (Å²) in [7, 11) is -3.68. The molecule has 3 aromatic carbocycles. The minimum absolute atomic E-state index is 0.217. The molecule has 0 saturated carbocycles. The van der Waals surface area contributed by atoms with Crippen molar-refractivity contribution in [2.75, 3.05) is 20.7 Å². The molecule has 2 aliphatic rings. The zero-order valence-electron chi connectivity index (χ0n) is 26.4. The molecule has 2 fully saturated rings. The lowest BCUT2D eigenvalue weighted by molar-refractivity contribution is -0.191. The first-order chi connectivity index (χ1) is 20.8. The molecule has 2 aliphatic heterocycles. The Balaban J connectivity index is 1.43. The van der Waals surface area contributed by atoms with Crippen molar-refractivity contribution in [3.63, 3.8) is 0 Å². The van der Waals surface area contributed by atoms with Gasteiger partial charge in [-0.25, -0.2) is 3.97 Å². The molecule has 0 radical (unpaired) electrons. The molecule has 0 unspecified atom stereocenters. The van der Waals surface area contributed by atoms with Gasteiger partial charge in [0.05, 0.1) is 17.8 Å². The zero-order valence-corrected chi connectivity index (χ0v) is 28.2. The van der Waals surface area contributed by atoms with Gasteiger partial charge in [-0.15, -0.1) is 0 Å². The summed E-state index contributed by atoms with van der Waals surface area (Å²) in [6, 6.07) is 30.3. The summed E-state index contributed by atoms with van der Waals surface area (Å²) in [5.74, 6) is -0.871. The monoisotopic (exact) mass is 634 g/mol. The molecule has 4 aromatic rings. The van der Waals surface area contributed by atoms with E-state index in [-0.39, 0.29) is 11.6 Å². The maximum absolute atomic E-state index is 13.7. The van der Waals surface area contributed by atoms with Crippen LogP contribution in [0.15, 0.2) is 91.0 Å². The second-order valence-corrected chi connectivity index (χ2v) is 19.6. The summed E-state index contributed by atoms with van der Waals surface area (Å²) in [6.07, 6.45) is -2.18. The van der Waals surface area contributed by atoms with Gasteiger partial charge in [0.1, 0.15) is 24.4 Å². The first kappa shape index (κ1) is 31.2. The predicted molar refractivity (Wildman–Crippen MR) is 175 cm³/mol. The Morgan fingerprint density at radius 1 is 0.864 bits per heavy atom. The van der Waals surface area contributed by atoms with Crippen molar-refractivity contribution >= 4 is 39.8 Å². The summed E-state index contributed by atoms with van der Waals surface area (Å²) in [5, 5.41) is 2.93. The number of aromatic nitrogens is 1. The number of ether oxygens (including phenoxy) is 3. The van der Waals surface area contributed by atoms with Crippen LogP contribution in [0.25, 0.3) is 10.9 Å². The summed E-state index contributed by atoms with van der Waals surface area (Å²) < 4.78 is 57.0. The van der Waals surface area contributed by atoms with E-state index in [1.54, 1.807) is 0 Å². The van der Waals surface area contributed by atoms with E-state index < -0.39 is 48.7 Å². The molecule has 0 N–H and O–H groups in total. The number of para-hydroxylation sites is 1. The van der Waals surface area contributed by atoms with Crippen LogP contribution in [0.5, 0.6) is 0 Å². The van der Waals surface area contributed by atoms with Crippen LogP contribution >= 0.6 is 0 Å². The Morgan fingerprint density at radius 2 is 1.41 bits per heavy atom. The average molecular weight is 635 g/mol. The lowest BCUT2D eigenvalue weighted by Crippen LogP contribution is -2.67. The zero-order chi connectivity index (χ0) is 31.5. The molecule has 0 spiro atoms. The number of hydrogen-bond donors (Lipinski definition) is 0. The molecule has 8 nitrogen and oxygen atoms in total. The molecule has 4 atom stereocenters. The van der Waals surface area contributed by atoms with Gasteiger partial charge in [0, 0.05) is 19.5 Å². The maximum atomic E-state index is 13.7. The van der Waals surface area contributed by atoms with Gasteiger partial charge in [-0.05, 0) is 41.4 Å². The Morgan fingerprint density at radius 3 is 1.98 bits per heavy atom. The van der Waals surface area contributed by atoms with Crippen molar-refractivity contribution in [1.29, 1.82) is 0 Å². The van der Waals surface area contributed by atoms with Gasteiger partial charge < -0.3 is 18.6 Å². The fourth-order valence-corrected chi connectivity index (χ4v) is 12.5. The lowest BCUT2D eigenvalue weighted by atomic mass is 10.1. The van der Waals surface area contributed by atoms with E-state index in [4.69, 9.17) is 18.6 Å². The molecule has 234 valence electrons. The number of rotatable bonds is 8. The van der Waals surface area contributed by atoms with E-state index in [9.17, 15) is 8.42 Å². The van der Waals surface area contributed by atoms with Crippen LogP contribution in [-0.4, -0.2) is 69.8 Å². The van der Waals surface area contributed by atoms with Crippen LogP contribution in [0.4, 0.5) is 0 Å². The predicted octanol–water partition coefficient (Wildman–Crippen LogP) is 4.83. The van der Waals surface area contributed by atoms with E-state index in [0.717, 1.165) is 5.39 Å². The molecule has 3 heterocycles.